The molecule has 0 saturated heterocycles. The molecule has 2 heterocycles. The van der Waals surface area contributed by atoms with Crippen molar-refractivity contribution in [1.82, 2.24) is 30.7 Å². The summed E-state index contributed by atoms with van der Waals surface area (Å²) in [5.74, 6) is 2.56. The minimum atomic E-state index is -0.505. The fraction of sp³-hybridized carbons (Fsp3) is 0.733. The van der Waals surface area contributed by atoms with Crippen LogP contribution in [0.4, 0.5) is 0 Å². The van der Waals surface area contributed by atoms with E-state index in [1.807, 2.05) is 25.5 Å². The van der Waals surface area contributed by atoms with E-state index in [0.717, 1.165) is 31.0 Å². The van der Waals surface area contributed by atoms with Gasteiger partial charge in [0.25, 0.3) is 0 Å². The van der Waals surface area contributed by atoms with Crippen molar-refractivity contribution >= 4 is 11.9 Å². The lowest BCUT2D eigenvalue weighted by atomic mass is 9.92. The molecule has 1 aromatic rings. The van der Waals surface area contributed by atoms with E-state index in [4.69, 9.17) is 0 Å². The second kappa shape index (κ2) is 6.97. The lowest BCUT2D eigenvalue weighted by Gasteiger charge is -2.28. The van der Waals surface area contributed by atoms with E-state index in [1.54, 1.807) is 14.1 Å². The molecule has 1 atom stereocenters. The van der Waals surface area contributed by atoms with Gasteiger partial charge in [-0.3, -0.25) is 9.79 Å². The van der Waals surface area contributed by atoms with Crippen LogP contribution in [0.1, 0.15) is 31.9 Å². The van der Waals surface area contributed by atoms with E-state index in [0.29, 0.717) is 12.5 Å². The molecule has 1 aromatic heterocycles. The Morgan fingerprint density at radius 3 is 2.87 bits per heavy atom. The number of hydrogen-bond donors (Lipinski definition) is 3. The van der Waals surface area contributed by atoms with Crippen LogP contribution in [0.3, 0.4) is 0 Å². The minimum Gasteiger partial charge on any atom is -0.359 e. The lowest BCUT2D eigenvalue weighted by molar-refractivity contribution is -0.128. The third-order valence-corrected chi connectivity index (χ3v) is 4.07. The Morgan fingerprint density at radius 1 is 1.48 bits per heavy atom. The van der Waals surface area contributed by atoms with Crippen molar-refractivity contribution in [2.24, 2.45) is 10.4 Å². The molecule has 0 spiro atoms. The van der Waals surface area contributed by atoms with E-state index in [9.17, 15) is 4.79 Å². The molecule has 0 saturated carbocycles. The van der Waals surface area contributed by atoms with Gasteiger partial charge in [0.05, 0.1) is 12.0 Å². The van der Waals surface area contributed by atoms with Gasteiger partial charge in [-0.25, -0.2) is 9.67 Å². The molecule has 1 unspecified atom stereocenters. The number of fused-ring (bicyclic) bond motifs is 1. The van der Waals surface area contributed by atoms with Gasteiger partial charge in [0, 0.05) is 33.1 Å². The second-order valence-corrected chi connectivity index (χ2v) is 6.53. The quantitative estimate of drug-likeness (QED) is 0.529. The summed E-state index contributed by atoms with van der Waals surface area (Å²) >= 11 is 0. The molecule has 1 amide bonds. The number of guanidine groups is 1. The summed E-state index contributed by atoms with van der Waals surface area (Å²) < 4.78 is 1.96. The highest BCUT2D eigenvalue weighted by molar-refractivity contribution is 5.84. The zero-order valence-corrected chi connectivity index (χ0v) is 14.6. The van der Waals surface area contributed by atoms with Crippen LogP contribution in [0, 0.1) is 12.3 Å². The van der Waals surface area contributed by atoms with Crippen LogP contribution in [0.25, 0.3) is 0 Å². The van der Waals surface area contributed by atoms with Crippen molar-refractivity contribution in [3.63, 3.8) is 0 Å². The topological polar surface area (TPSA) is 96.2 Å². The summed E-state index contributed by atoms with van der Waals surface area (Å²) in [6.07, 6.45) is 1.89. The van der Waals surface area contributed by atoms with Gasteiger partial charge in [0.2, 0.25) is 5.91 Å². The standard InChI is InChI=1S/C15H27N7O/c1-10-19-12-7-6-11(8-22(12)21-10)20-14(17-5)18-9-15(2,3)13(23)16-4/h11H,6-9H2,1-5H3,(H,16,23)(H2,17,18,20). The molecule has 0 bridgehead atoms. The van der Waals surface area contributed by atoms with Crippen LogP contribution < -0.4 is 16.0 Å². The van der Waals surface area contributed by atoms with E-state index in [1.165, 1.54) is 0 Å². The molecule has 128 valence electrons. The molecule has 0 aliphatic carbocycles. The maximum atomic E-state index is 11.8. The summed E-state index contributed by atoms with van der Waals surface area (Å²) in [6, 6.07) is 0.248. The Morgan fingerprint density at radius 2 is 2.22 bits per heavy atom. The zero-order valence-electron chi connectivity index (χ0n) is 14.6. The third kappa shape index (κ3) is 4.20. The van der Waals surface area contributed by atoms with Gasteiger partial charge in [-0.2, -0.15) is 5.10 Å². The van der Waals surface area contributed by atoms with Crippen molar-refractivity contribution < 1.29 is 4.79 Å². The Bertz CT molecular complexity index is 591. The number of nitrogens with one attached hydrogen (secondary N) is 3. The Balaban J connectivity index is 1.90. The Labute approximate surface area is 137 Å². The highest BCUT2D eigenvalue weighted by Crippen LogP contribution is 2.14. The van der Waals surface area contributed by atoms with Crippen molar-refractivity contribution in [2.45, 2.75) is 46.2 Å². The Hall–Kier alpha value is -2.12. The van der Waals surface area contributed by atoms with Gasteiger partial charge in [0.15, 0.2) is 5.96 Å². The van der Waals surface area contributed by atoms with Gasteiger partial charge in [-0.05, 0) is 27.2 Å². The van der Waals surface area contributed by atoms with Crippen molar-refractivity contribution in [2.75, 3.05) is 20.6 Å². The molecule has 2 rings (SSSR count). The first-order chi connectivity index (χ1) is 10.9. The first-order valence-electron chi connectivity index (χ1n) is 7.95. The molecule has 8 nitrogen and oxygen atoms in total. The number of aromatic nitrogens is 3. The summed E-state index contributed by atoms with van der Waals surface area (Å²) in [4.78, 5) is 20.5. The molecule has 1 aliphatic rings. The van der Waals surface area contributed by atoms with E-state index >= 15 is 0 Å². The summed E-state index contributed by atoms with van der Waals surface area (Å²) in [7, 11) is 3.38. The largest absolute Gasteiger partial charge is 0.359 e. The SMILES string of the molecule is CN=C(NCC(C)(C)C(=O)NC)NC1CCc2nc(C)nn2C1. The maximum absolute atomic E-state index is 11.8. The van der Waals surface area contributed by atoms with Crippen LogP contribution in [0.5, 0.6) is 0 Å². The van der Waals surface area contributed by atoms with E-state index < -0.39 is 5.41 Å². The highest BCUT2D eigenvalue weighted by Gasteiger charge is 2.27. The van der Waals surface area contributed by atoms with E-state index in [-0.39, 0.29) is 11.9 Å². The van der Waals surface area contributed by atoms with Crippen LogP contribution >= 0.6 is 0 Å². The van der Waals surface area contributed by atoms with Gasteiger partial charge in [-0.1, -0.05) is 0 Å². The number of aryl methyl sites for hydroxylation is 2. The summed E-state index contributed by atoms with van der Waals surface area (Å²) in [5.41, 5.74) is -0.505. The van der Waals surface area contributed by atoms with Crippen molar-refractivity contribution in [1.29, 1.82) is 0 Å². The van der Waals surface area contributed by atoms with Crippen LogP contribution in [0.15, 0.2) is 4.99 Å². The number of carbonyl (C=O) groups excluding carboxylic acids is 1. The molecule has 0 fully saturated rings. The molecular weight excluding hydrogens is 294 g/mol. The molecule has 8 heteroatoms. The van der Waals surface area contributed by atoms with Gasteiger partial charge in [0.1, 0.15) is 11.6 Å². The van der Waals surface area contributed by atoms with Crippen LogP contribution in [-0.2, 0) is 17.8 Å². The smallest absolute Gasteiger partial charge is 0.227 e. The van der Waals surface area contributed by atoms with Crippen LogP contribution in [-0.4, -0.2) is 53.3 Å². The second-order valence-electron chi connectivity index (χ2n) is 6.53. The van der Waals surface area contributed by atoms with E-state index in [2.05, 4.69) is 31.0 Å². The lowest BCUT2D eigenvalue weighted by Crippen LogP contribution is -2.51. The van der Waals surface area contributed by atoms with Gasteiger partial charge in [-0.15, -0.1) is 0 Å². The van der Waals surface area contributed by atoms with Crippen molar-refractivity contribution in [3.05, 3.63) is 11.6 Å². The fourth-order valence-electron chi connectivity index (χ4n) is 2.66. The van der Waals surface area contributed by atoms with Gasteiger partial charge >= 0.3 is 0 Å². The minimum absolute atomic E-state index is 0.000789. The Kier molecular flexibility index (Phi) is 5.23. The van der Waals surface area contributed by atoms with Crippen LogP contribution in [0.2, 0.25) is 0 Å². The molecule has 1 aliphatic heterocycles. The predicted octanol–water partition coefficient (Wildman–Crippen LogP) is -0.161. The highest BCUT2D eigenvalue weighted by atomic mass is 16.2. The number of aliphatic imine (C=N–C) groups is 1. The number of rotatable bonds is 4. The first-order valence-corrected chi connectivity index (χ1v) is 7.95. The molecular formula is C15H27N7O. The van der Waals surface area contributed by atoms with Crippen molar-refractivity contribution in [3.8, 4) is 0 Å². The molecule has 0 radical (unpaired) electrons. The third-order valence-electron chi connectivity index (χ3n) is 4.07. The first kappa shape index (κ1) is 17.2. The van der Waals surface area contributed by atoms with Gasteiger partial charge < -0.3 is 16.0 Å². The summed E-state index contributed by atoms with van der Waals surface area (Å²) in [5, 5.41) is 13.7. The average molecular weight is 321 g/mol. The normalized spacial score (nSPS) is 18.3. The summed E-state index contributed by atoms with van der Waals surface area (Å²) in [6.45, 7) is 6.99. The number of amides is 1. The maximum Gasteiger partial charge on any atom is 0.227 e. The monoisotopic (exact) mass is 321 g/mol. The fourth-order valence-corrected chi connectivity index (χ4v) is 2.66. The molecule has 0 aromatic carbocycles. The zero-order chi connectivity index (χ0) is 17.0. The number of carbonyl (C=O) groups is 1. The predicted molar refractivity (Wildman–Crippen MR) is 89.2 cm³/mol. The molecule has 3 N–H and O–H groups in total. The molecule has 23 heavy (non-hydrogen) atoms. The number of hydrogen-bond acceptors (Lipinski definition) is 4. The number of nitrogens with zero attached hydrogens (tertiary/aromatic N) is 4. The average Bonchev–Trinajstić information content (AvgIpc) is 2.89.